The maximum absolute atomic E-state index is 11.7. The maximum Gasteiger partial charge on any atom is 0.343 e. The van der Waals surface area contributed by atoms with Gasteiger partial charge < -0.3 is 0 Å². The van der Waals surface area contributed by atoms with Crippen LogP contribution >= 0.6 is 0 Å². The molecule has 0 unspecified atom stereocenters. The van der Waals surface area contributed by atoms with Crippen LogP contribution in [0.15, 0.2) is 35.2 Å². The van der Waals surface area contributed by atoms with Crippen molar-refractivity contribution in [2.75, 3.05) is 0 Å². The Morgan fingerprint density at radius 1 is 1.10 bits per heavy atom. The van der Waals surface area contributed by atoms with Crippen molar-refractivity contribution in [2.45, 2.75) is 51.3 Å². The Morgan fingerprint density at radius 2 is 1.71 bits per heavy atom. The summed E-state index contributed by atoms with van der Waals surface area (Å²) in [6.45, 7) is 6.38. The summed E-state index contributed by atoms with van der Waals surface area (Å²) in [6, 6.07) is 7.54. The van der Waals surface area contributed by atoms with Gasteiger partial charge in [-0.3, -0.25) is 4.89 Å². The minimum absolute atomic E-state index is 0.0504. The van der Waals surface area contributed by atoms with E-state index < -0.39 is 16.1 Å². The highest BCUT2D eigenvalue weighted by Gasteiger charge is 2.18. The van der Waals surface area contributed by atoms with Gasteiger partial charge in [-0.05, 0) is 34.7 Å². The molecule has 0 spiro atoms. The van der Waals surface area contributed by atoms with Gasteiger partial charge in [-0.2, -0.15) is 8.42 Å². The topological polar surface area (TPSA) is 69.7 Å². The van der Waals surface area contributed by atoms with Gasteiger partial charge in [0, 0.05) is 6.42 Å². The Morgan fingerprint density at radius 3 is 2.29 bits per heavy atom. The summed E-state index contributed by atoms with van der Waals surface area (Å²) < 4.78 is 27.7. The molecule has 0 aliphatic heterocycles. The molecule has 0 heterocycles. The zero-order valence-electron chi connectivity index (χ0n) is 12.7. The van der Waals surface area contributed by atoms with Crippen LogP contribution < -0.4 is 0 Å². The number of unbranched alkanes of at least 4 members (excludes halogenated alkanes) is 1. The van der Waals surface area contributed by atoms with Crippen molar-refractivity contribution in [1.29, 1.82) is 0 Å². The van der Waals surface area contributed by atoms with Crippen LogP contribution in [0.25, 0.3) is 0 Å². The molecular formula is C15H22O5S. The molecule has 0 N–H and O–H groups in total. The van der Waals surface area contributed by atoms with Gasteiger partial charge in [-0.25, -0.2) is 4.79 Å². The number of carbonyl (C=O) groups excluding carboxylic acids is 1. The Hall–Kier alpha value is -1.40. The van der Waals surface area contributed by atoms with Crippen molar-refractivity contribution < 1.29 is 22.4 Å². The highest BCUT2D eigenvalue weighted by molar-refractivity contribution is 7.86. The van der Waals surface area contributed by atoms with Crippen LogP contribution in [0.5, 0.6) is 0 Å². The third-order valence-corrected chi connectivity index (χ3v) is 3.90. The summed E-state index contributed by atoms with van der Waals surface area (Å²) in [6.07, 6.45) is 2.65. The molecule has 0 fully saturated rings. The van der Waals surface area contributed by atoms with Gasteiger partial charge in [-0.1, -0.05) is 45.4 Å². The standard InChI is InChI=1S/C15H22O5S/c1-15(2,3)12-8-7-11-14(16)19-20-21(17,18)13-9-5-4-6-10-13/h4-6,9-10H,7-8,11-12H2,1-3H3. The molecule has 0 atom stereocenters. The molecule has 0 aliphatic rings. The average Bonchev–Trinajstić information content (AvgIpc) is 2.41. The maximum atomic E-state index is 11.7. The Kier molecular flexibility index (Phi) is 6.36. The molecular weight excluding hydrogens is 292 g/mol. The normalized spacial score (nSPS) is 12.1. The summed E-state index contributed by atoms with van der Waals surface area (Å²) in [5, 5.41) is 0. The monoisotopic (exact) mass is 314 g/mol. The van der Waals surface area contributed by atoms with Gasteiger partial charge in [0.15, 0.2) is 0 Å². The molecule has 1 aromatic rings. The minimum Gasteiger partial charge on any atom is -0.281 e. The molecule has 0 saturated carbocycles. The first-order valence-electron chi connectivity index (χ1n) is 6.90. The van der Waals surface area contributed by atoms with Crippen LogP contribution in [0.1, 0.15) is 46.5 Å². The van der Waals surface area contributed by atoms with Crippen molar-refractivity contribution in [3.05, 3.63) is 30.3 Å². The predicted molar refractivity (Wildman–Crippen MR) is 78.7 cm³/mol. The van der Waals surface area contributed by atoms with E-state index >= 15 is 0 Å². The van der Waals surface area contributed by atoms with Gasteiger partial charge in [-0.15, -0.1) is 0 Å². The summed E-state index contributed by atoms with van der Waals surface area (Å²) in [4.78, 5) is 15.7. The fourth-order valence-electron chi connectivity index (χ4n) is 1.68. The lowest BCUT2D eigenvalue weighted by molar-refractivity contribution is -0.211. The number of carbonyl (C=O) groups is 1. The molecule has 0 aliphatic carbocycles. The van der Waals surface area contributed by atoms with Gasteiger partial charge in [0.2, 0.25) is 0 Å². The summed E-state index contributed by atoms with van der Waals surface area (Å²) >= 11 is 0. The second kappa shape index (κ2) is 7.56. The molecule has 0 amide bonds. The minimum atomic E-state index is -4.05. The molecule has 0 radical (unpaired) electrons. The highest BCUT2D eigenvalue weighted by atomic mass is 32.2. The lowest BCUT2D eigenvalue weighted by Crippen LogP contribution is -2.12. The van der Waals surface area contributed by atoms with E-state index in [4.69, 9.17) is 0 Å². The lowest BCUT2D eigenvalue weighted by Gasteiger charge is -2.17. The third kappa shape index (κ3) is 7.24. The van der Waals surface area contributed by atoms with E-state index in [1.54, 1.807) is 18.2 Å². The molecule has 0 bridgehead atoms. The number of hydrogen-bond acceptors (Lipinski definition) is 5. The van der Waals surface area contributed by atoms with E-state index in [0.717, 1.165) is 12.8 Å². The van der Waals surface area contributed by atoms with E-state index in [9.17, 15) is 13.2 Å². The van der Waals surface area contributed by atoms with Crippen molar-refractivity contribution in [3.63, 3.8) is 0 Å². The molecule has 5 nitrogen and oxygen atoms in total. The van der Waals surface area contributed by atoms with E-state index in [0.29, 0.717) is 6.42 Å². The molecule has 118 valence electrons. The van der Waals surface area contributed by atoms with Gasteiger partial charge in [0.1, 0.15) is 0 Å². The van der Waals surface area contributed by atoms with Crippen LogP contribution in [0.3, 0.4) is 0 Å². The fraction of sp³-hybridized carbons (Fsp3) is 0.533. The molecule has 0 saturated heterocycles. The molecule has 6 heteroatoms. The van der Waals surface area contributed by atoms with Crippen LogP contribution in [0.2, 0.25) is 0 Å². The predicted octanol–water partition coefficient (Wildman–Crippen LogP) is 3.46. The van der Waals surface area contributed by atoms with Crippen molar-refractivity contribution in [1.82, 2.24) is 0 Å². The van der Waals surface area contributed by atoms with E-state index in [1.165, 1.54) is 12.1 Å². The molecule has 21 heavy (non-hydrogen) atoms. The first-order chi connectivity index (χ1) is 9.71. The lowest BCUT2D eigenvalue weighted by atomic mass is 9.89. The van der Waals surface area contributed by atoms with Crippen molar-refractivity contribution in [2.24, 2.45) is 5.41 Å². The van der Waals surface area contributed by atoms with Gasteiger partial charge in [0.25, 0.3) is 0 Å². The van der Waals surface area contributed by atoms with E-state index in [1.807, 2.05) is 0 Å². The van der Waals surface area contributed by atoms with Gasteiger partial charge >= 0.3 is 16.1 Å². The Bertz CT molecular complexity index is 543. The second-order valence-corrected chi connectivity index (χ2v) is 7.57. The quantitative estimate of drug-likeness (QED) is 0.438. The number of hydrogen-bond donors (Lipinski definition) is 0. The van der Waals surface area contributed by atoms with Crippen LogP contribution in [0.4, 0.5) is 0 Å². The smallest absolute Gasteiger partial charge is 0.281 e. The average molecular weight is 314 g/mol. The molecule has 1 rings (SSSR count). The van der Waals surface area contributed by atoms with Crippen LogP contribution in [-0.2, 0) is 24.1 Å². The second-order valence-electron chi connectivity index (χ2n) is 6.06. The summed E-state index contributed by atoms with van der Waals surface area (Å²) in [5.41, 5.74) is 0.219. The SMILES string of the molecule is CC(C)(C)CCCCC(=O)OOS(=O)(=O)c1ccccc1. The van der Waals surface area contributed by atoms with E-state index in [2.05, 4.69) is 30.0 Å². The first kappa shape index (κ1) is 17.7. The third-order valence-electron chi connectivity index (χ3n) is 2.81. The molecule has 0 aromatic heterocycles. The van der Waals surface area contributed by atoms with Crippen molar-refractivity contribution in [3.8, 4) is 0 Å². The van der Waals surface area contributed by atoms with E-state index in [-0.39, 0.29) is 16.7 Å². The first-order valence-corrected chi connectivity index (χ1v) is 8.31. The van der Waals surface area contributed by atoms with Gasteiger partial charge in [0.05, 0.1) is 4.90 Å². The van der Waals surface area contributed by atoms with Crippen LogP contribution in [0, 0.1) is 5.41 Å². The summed E-state index contributed by atoms with van der Waals surface area (Å²) in [5.74, 6) is -0.677. The summed E-state index contributed by atoms with van der Waals surface area (Å²) in [7, 11) is -4.05. The van der Waals surface area contributed by atoms with Crippen molar-refractivity contribution >= 4 is 16.1 Å². The fourth-order valence-corrected chi connectivity index (χ4v) is 2.41. The highest BCUT2D eigenvalue weighted by Crippen LogP contribution is 2.22. The zero-order valence-corrected chi connectivity index (χ0v) is 13.5. The number of benzene rings is 1. The molecule has 1 aromatic carbocycles. The number of rotatable bonds is 7. The largest absolute Gasteiger partial charge is 0.343 e. The zero-order chi connectivity index (χ0) is 15.9. The van der Waals surface area contributed by atoms with Crippen LogP contribution in [-0.4, -0.2) is 14.4 Å². The Balaban J connectivity index is 2.33. The Labute approximate surface area is 126 Å².